The molecule has 3 heteroatoms. The summed E-state index contributed by atoms with van der Waals surface area (Å²) in [5.41, 5.74) is 1.44. The first-order valence-electron chi connectivity index (χ1n) is 16.5. The summed E-state index contributed by atoms with van der Waals surface area (Å²) in [4.78, 5) is 11.1. The van der Waals surface area contributed by atoms with E-state index in [9.17, 15) is 0 Å². The predicted octanol–water partition coefficient (Wildman–Crippen LogP) is 13.1. The number of allylic oxidation sites excluding steroid dienone is 2. The molecule has 1 heterocycles. The summed E-state index contributed by atoms with van der Waals surface area (Å²) < 4.78 is 1.36. The van der Waals surface area contributed by atoms with Gasteiger partial charge >= 0.3 is 0 Å². The lowest BCUT2D eigenvalue weighted by Gasteiger charge is -2.61. The van der Waals surface area contributed by atoms with Crippen LogP contribution in [0.5, 0.6) is 0 Å². The molecule has 0 radical (unpaired) electrons. The maximum absolute atomic E-state index is 3.11. The Morgan fingerprint density at radius 1 is 0.521 bits per heavy atom. The van der Waals surface area contributed by atoms with Crippen molar-refractivity contribution in [1.82, 2.24) is 0 Å². The second kappa shape index (κ2) is 12.2. The molecule has 48 heavy (non-hydrogen) atoms. The Labute approximate surface area is 290 Å². The fraction of sp³-hybridized carbons (Fsp3) is 0.0667. The van der Waals surface area contributed by atoms with Gasteiger partial charge in [0.25, 0.3) is 0 Å². The highest BCUT2D eigenvalue weighted by molar-refractivity contribution is 8.52. The fourth-order valence-corrected chi connectivity index (χ4v) is 17.3. The van der Waals surface area contributed by atoms with Crippen molar-refractivity contribution in [3.63, 3.8) is 0 Å². The van der Waals surface area contributed by atoms with Gasteiger partial charge in [0.2, 0.25) is 0 Å². The number of hydrogen-bond donors (Lipinski definition) is 1. The second-order valence-electron chi connectivity index (χ2n) is 12.9. The van der Waals surface area contributed by atoms with Crippen LogP contribution >= 0.6 is 30.5 Å². The second-order valence-corrected chi connectivity index (χ2v) is 22.4. The zero-order chi connectivity index (χ0) is 32.6. The molecule has 238 valence electrons. The average molecular weight is 677 g/mol. The molecule has 0 bridgehead atoms. The Kier molecular flexibility index (Phi) is 7.80. The van der Waals surface area contributed by atoms with E-state index in [0.717, 1.165) is 6.42 Å². The summed E-state index contributed by atoms with van der Waals surface area (Å²) in [6.07, 6.45) is 13.3. The van der Waals surface area contributed by atoms with Crippen LogP contribution in [0.3, 0.4) is 0 Å². The molecule has 0 nitrogen and oxygen atoms in total. The van der Waals surface area contributed by atoms with Crippen LogP contribution in [0.25, 0.3) is 16.2 Å². The number of benzene rings is 6. The number of thiol groups is 1. The lowest BCUT2D eigenvalue weighted by molar-refractivity contribution is 1.24. The van der Waals surface area contributed by atoms with Crippen LogP contribution in [-0.2, 0) is 6.42 Å². The van der Waals surface area contributed by atoms with Crippen LogP contribution in [0.2, 0.25) is 0 Å². The molecule has 8 rings (SSSR count). The third-order valence-corrected chi connectivity index (χ3v) is 21.7. The fourth-order valence-electron chi connectivity index (χ4n) is 7.69. The largest absolute Gasteiger partial charge is 0.202 e. The van der Waals surface area contributed by atoms with E-state index in [4.69, 9.17) is 0 Å². The molecule has 0 saturated carbocycles. The number of hydrogen-bond acceptors (Lipinski definition) is 1. The minimum absolute atomic E-state index is 0.891. The molecule has 0 spiro atoms. The van der Waals surface area contributed by atoms with Crippen molar-refractivity contribution in [2.45, 2.75) is 35.8 Å². The smallest absolute Gasteiger partial charge is 0.0352 e. The van der Waals surface area contributed by atoms with Gasteiger partial charge in [-0.1, -0.05) is 133 Å². The van der Waals surface area contributed by atoms with E-state index in [2.05, 4.69) is 201 Å². The third kappa shape index (κ3) is 4.68. The Balaban J connectivity index is 1.33. The Morgan fingerprint density at radius 3 is 1.46 bits per heavy atom. The van der Waals surface area contributed by atoms with Gasteiger partial charge in [0.15, 0.2) is 0 Å². The van der Waals surface area contributed by atoms with Crippen LogP contribution in [-0.4, -0.2) is 12.5 Å². The molecule has 0 N–H and O–H groups in total. The van der Waals surface area contributed by atoms with Crippen molar-refractivity contribution in [3.8, 4) is 0 Å². The van der Waals surface area contributed by atoms with E-state index in [1.54, 1.807) is 0 Å². The highest BCUT2D eigenvalue weighted by atomic mass is 32.3. The topological polar surface area (TPSA) is 0 Å². The number of fused-ring (bicyclic) bond motifs is 3. The molecular weight excluding hydrogens is 637 g/mol. The van der Waals surface area contributed by atoms with Crippen molar-refractivity contribution >= 4 is 46.7 Å². The number of thiophene rings is 1. The molecule has 0 aliphatic heterocycles. The molecule has 1 aliphatic carbocycles. The van der Waals surface area contributed by atoms with E-state index in [1.807, 2.05) is 11.3 Å². The van der Waals surface area contributed by atoms with Crippen LogP contribution in [0.15, 0.2) is 216 Å². The van der Waals surface area contributed by atoms with Gasteiger partial charge in [0, 0.05) is 9.58 Å². The number of rotatable bonds is 7. The normalized spacial score (nSPS) is 14.4. The molecule has 1 aromatic heterocycles. The maximum atomic E-state index is 2.56. The van der Waals surface area contributed by atoms with Crippen LogP contribution in [0.1, 0.15) is 10.4 Å². The van der Waals surface area contributed by atoms with E-state index >= 15 is 0 Å². The van der Waals surface area contributed by atoms with Crippen molar-refractivity contribution in [2.75, 3.05) is 12.5 Å². The first-order chi connectivity index (χ1) is 23.5. The van der Waals surface area contributed by atoms with Crippen molar-refractivity contribution in [3.05, 3.63) is 197 Å². The summed E-state index contributed by atoms with van der Waals surface area (Å²) in [5.74, 6) is 0. The maximum Gasteiger partial charge on any atom is 0.0352 e. The molecule has 0 fully saturated rings. The van der Waals surface area contributed by atoms with Crippen molar-refractivity contribution < 1.29 is 0 Å². The van der Waals surface area contributed by atoms with Gasteiger partial charge in [-0.15, -0.1) is 11.3 Å². The zero-order valence-electron chi connectivity index (χ0n) is 27.4. The summed E-state index contributed by atoms with van der Waals surface area (Å²) in [6.45, 7) is 0. The van der Waals surface area contributed by atoms with Crippen molar-refractivity contribution in [1.29, 1.82) is 0 Å². The van der Waals surface area contributed by atoms with Gasteiger partial charge in [-0.05, 0) is 119 Å². The SMILES string of the molecule is CS(c1ccccc1)(c1ccccc1)c1ccc2sc3c(c2c1)CC=C([SH](C)(c1ccccc1)(c1ccccc1)c1ccccc1)C=C3. The van der Waals surface area contributed by atoms with Gasteiger partial charge in [0.05, 0.1) is 0 Å². The molecule has 0 saturated heterocycles. The molecule has 1 aliphatic rings. The lowest BCUT2D eigenvalue weighted by Crippen LogP contribution is -2.21. The molecule has 0 atom stereocenters. The highest BCUT2D eigenvalue weighted by Gasteiger charge is 2.44. The molecule has 6 aromatic carbocycles. The first-order valence-corrected chi connectivity index (χ1v) is 22.1. The molecule has 0 amide bonds. The Morgan fingerprint density at radius 2 is 0.979 bits per heavy atom. The van der Waals surface area contributed by atoms with Gasteiger partial charge in [-0.2, -0.15) is 10.0 Å². The van der Waals surface area contributed by atoms with Gasteiger partial charge in [-0.25, -0.2) is 9.16 Å². The minimum atomic E-state index is -3.11. The monoisotopic (exact) mass is 676 g/mol. The Hall–Kier alpha value is -4.54. The summed E-state index contributed by atoms with van der Waals surface area (Å²) in [7, 11) is -4.57. The molecule has 0 unspecified atom stereocenters. The minimum Gasteiger partial charge on any atom is -0.202 e. The van der Waals surface area contributed by atoms with Crippen LogP contribution in [0, 0.1) is 0 Å². The summed E-state index contributed by atoms with van der Waals surface area (Å²) in [6, 6.07) is 63.2. The Bertz CT molecular complexity index is 2130. The lowest BCUT2D eigenvalue weighted by atomic mass is 10.1. The third-order valence-electron chi connectivity index (χ3n) is 10.5. The van der Waals surface area contributed by atoms with Crippen LogP contribution in [0.4, 0.5) is 0 Å². The molecular formula is C45H40S3. The van der Waals surface area contributed by atoms with Gasteiger partial charge in [0.1, 0.15) is 0 Å². The summed E-state index contributed by atoms with van der Waals surface area (Å²) in [5, 5.41) is 1.38. The predicted molar refractivity (Wildman–Crippen MR) is 213 cm³/mol. The van der Waals surface area contributed by atoms with Gasteiger partial charge in [-0.3, -0.25) is 0 Å². The van der Waals surface area contributed by atoms with Crippen LogP contribution < -0.4 is 0 Å². The zero-order valence-corrected chi connectivity index (χ0v) is 29.9. The summed E-state index contributed by atoms with van der Waals surface area (Å²) >= 11 is 1.93. The van der Waals surface area contributed by atoms with E-state index in [1.165, 1.54) is 54.8 Å². The highest BCUT2D eigenvalue weighted by Crippen LogP contribution is 2.88. The molecule has 7 aromatic rings. The van der Waals surface area contributed by atoms with E-state index in [-0.39, 0.29) is 0 Å². The van der Waals surface area contributed by atoms with Crippen molar-refractivity contribution in [2.24, 2.45) is 0 Å². The standard InChI is InChI=1S/C45H40S3/c1-47(35-18-8-3-9-19-35,36-20-10-4-11-21-36)37-28-32-45-43(34-37)42-31-29-41(30-33-44(42)46-45)48(2,38-22-12-5-13-23-38,39-24-14-6-15-25-39)40-26-16-7-17-27-40/h3-30,32-34,48H,31H2,1-2H3. The quantitative estimate of drug-likeness (QED) is 0.160. The van der Waals surface area contributed by atoms with Gasteiger partial charge < -0.3 is 0 Å². The first kappa shape index (κ1) is 30.8. The van der Waals surface area contributed by atoms with E-state index in [0.29, 0.717) is 0 Å². The average Bonchev–Trinajstić information content (AvgIpc) is 3.38. The van der Waals surface area contributed by atoms with E-state index < -0.39 is 19.2 Å².